The van der Waals surface area contributed by atoms with Gasteiger partial charge >= 0.3 is 6.03 Å². The number of methoxy groups -OCH3 is 1. The summed E-state index contributed by atoms with van der Waals surface area (Å²) in [6.07, 6.45) is 0.694. The van der Waals surface area contributed by atoms with Gasteiger partial charge in [-0.1, -0.05) is 30.3 Å². The third-order valence-corrected chi connectivity index (χ3v) is 3.31. The highest BCUT2D eigenvalue weighted by Gasteiger charge is 2.05. The second kappa shape index (κ2) is 9.19. The molecule has 2 rings (SSSR count). The Hall–Kier alpha value is -3.02. The van der Waals surface area contributed by atoms with Crippen molar-refractivity contribution in [2.45, 2.75) is 6.42 Å². The average molecular weight is 327 g/mol. The summed E-state index contributed by atoms with van der Waals surface area (Å²) in [6, 6.07) is 16.3. The SMILES string of the molecule is COc1cccc(CCNC(=O)CNC(=O)Nc2ccccc2)c1. The van der Waals surface area contributed by atoms with Crippen molar-refractivity contribution in [3.63, 3.8) is 0 Å². The van der Waals surface area contributed by atoms with E-state index >= 15 is 0 Å². The highest BCUT2D eigenvalue weighted by Crippen LogP contribution is 2.12. The molecule has 0 aliphatic carbocycles. The maximum absolute atomic E-state index is 11.7. The number of carbonyl (C=O) groups excluding carboxylic acids is 2. The molecule has 2 aromatic rings. The van der Waals surface area contributed by atoms with Gasteiger partial charge in [0.1, 0.15) is 5.75 Å². The van der Waals surface area contributed by atoms with Crippen molar-refractivity contribution >= 4 is 17.6 Å². The van der Waals surface area contributed by atoms with Gasteiger partial charge in [-0.25, -0.2) is 4.79 Å². The quantitative estimate of drug-likeness (QED) is 0.729. The standard InChI is InChI=1S/C18H21N3O3/c1-24-16-9-5-6-14(12-16)10-11-19-17(22)13-20-18(23)21-15-7-3-2-4-8-15/h2-9,12H,10-11,13H2,1H3,(H,19,22)(H2,20,21,23). The van der Waals surface area contributed by atoms with E-state index in [4.69, 9.17) is 4.74 Å². The van der Waals surface area contributed by atoms with Crippen molar-refractivity contribution in [1.29, 1.82) is 0 Å². The number of amides is 3. The van der Waals surface area contributed by atoms with Crippen LogP contribution in [-0.2, 0) is 11.2 Å². The monoisotopic (exact) mass is 327 g/mol. The van der Waals surface area contributed by atoms with E-state index in [1.54, 1.807) is 19.2 Å². The van der Waals surface area contributed by atoms with Gasteiger partial charge < -0.3 is 20.7 Å². The summed E-state index contributed by atoms with van der Waals surface area (Å²) in [7, 11) is 1.62. The Bertz CT molecular complexity index is 674. The van der Waals surface area contributed by atoms with E-state index < -0.39 is 6.03 Å². The largest absolute Gasteiger partial charge is 0.497 e. The molecular weight excluding hydrogens is 306 g/mol. The number of anilines is 1. The molecule has 2 aromatic carbocycles. The van der Waals surface area contributed by atoms with Crippen LogP contribution in [0.3, 0.4) is 0 Å². The summed E-state index contributed by atoms with van der Waals surface area (Å²) in [6.45, 7) is 0.421. The van der Waals surface area contributed by atoms with Gasteiger partial charge in [0.25, 0.3) is 0 Å². The Kier molecular flexibility index (Phi) is 6.64. The van der Waals surface area contributed by atoms with Gasteiger partial charge in [0.05, 0.1) is 13.7 Å². The van der Waals surface area contributed by atoms with E-state index in [1.165, 1.54) is 0 Å². The molecule has 0 aliphatic rings. The van der Waals surface area contributed by atoms with Crippen LogP contribution in [0.4, 0.5) is 10.5 Å². The van der Waals surface area contributed by atoms with Crippen LogP contribution >= 0.6 is 0 Å². The van der Waals surface area contributed by atoms with Crippen molar-refractivity contribution in [3.05, 3.63) is 60.2 Å². The van der Waals surface area contributed by atoms with E-state index in [2.05, 4.69) is 16.0 Å². The Morgan fingerprint density at radius 2 is 1.79 bits per heavy atom. The zero-order valence-corrected chi connectivity index (χ0v) is 13.5. The fourth-order valence-corrected chi connectivity index (χ4v) is 2.09. The van der Waals surface area contributed by atoms with Gasteiger partial charge in [-0.3, -0.25) is 4.79 Å². The molecule has 0 atom stereocenters. The fraction of sp³-hybridized carbons (Fsp3) is 0.222. The number of hydrogen-bond acceptors (Lipinski definition) is 3. The van der Waals surface area contributed by atoms with Crippen molar-refractivity contribution < 1.29 is 14.3 Å². The van der Waals surface area contributed by atoms with Crippen LogP contribution < -0.4 is 20.7 Å². The summed E-state index contributed by atoms with van der Waals surface area (Å²) in [4.78, 5) is 23.4. The molecule has 0 bridgehead atoms. The van der Waals surface area contributed by atoms with E-state index in [0.29, 0.717) is 18.7 Å². The van der Waals surface area contributed by atoms with Crippen LogP contribution in [0, 0.1) is 0 Å². The summed E-state index contributed by atoms with van der Waals surface area (Å²) in [5, 5.41) is 7.93. The molecule has 0 saturated carbocycles. The molecule has 0 aromatic heterocycles. The Balaban J connectivity index is 1.65. The van der Waals surface area contributed by atoms with Gasteiger partial charge in [-0.2, -0.15) is 0 Å². The molecule has 3 amide bonds. The lowest BCUT2D eigenvalue weighted by Crippen LogP contribution is -2.39. The number of carbonyl (C=O) groups is 2. The van der Waals surface area contributed by atoms with Crippen molar-refractivity contribution in [2.75, 3.05) is 25.5 Å². The molecule has 24 heavy (non-hydrogen) atoms. The number of ether oxygens (including phenoxy) is 1. The first-order chi connectivity index (χ1) is 11.7. The number of rotatable bonds is 7. The normalized spacial score (nSPS) is 9.88. The molecule has 0 aliphatic heterocycles. The number of para-hydroxylation sites is 1. The first kappa shape index (κ1) is 17.3. The van der Waals surface area contributed by atoms with Crippen LogP contribution in [0.5, 0.6) is 5.75 Å². The molecular formula is C18H21N3O3. The molecule has 3 N–H and O–H groups in total. The van der Waals surface area contributed by atoms with E-state index in [0.717, 1.165) is 11.3 Å². The van der Waals surface area contributed by atoms with Crippen LogP contribution in [0.1, 0.15) is 5.56 Å². The third-order valence-electron chi connectivity index (χ3n) is 3.31. The van der Waals surface area contributed by atoms with Gasteiger partial charge in [0.15, 0.2) is 0 Å². The first-order valence-corrected chi connectivity index (χ1v) is 7.67. The lowest BCUT2D eigenvalue weighted by molar-refractivity contribution is -0.120. The van der Waals surface area contributed by atoms with Crippen molar-refractivity contribution in [2.24, 2.45) is 0 Å². The summed E-state index contributed by atoms with van der Waals surface area (Å²) < 4.78 is 5.15. The molecule has 0 fully saturated rings. The summed E-state index contributed by atoms with van der Waals surface area (Å²) in [5.41, 5.74) is 1.75. The van der Waals surface area contributed by atoms with Crippen molar-refractivity contribution in [3.8, 4) is 5.75 Å². The van der Waals surface area contributed by atoms with Gasteiger partial charge in [0, 0.05) is 12.2 Å². The minimum atomic E-state index is -0.413. The van der Waals surface area contributed by atoms with Gasteiger partial charge in [-0.05, 0) is 36.2 Å². The average Bonchev–Trinajstić information content (AvgIpc) is 2.61. The van der Waals surface area contributed by atoms with Gasteiger partial charge in [-0.15, -0.1) is 0 Å². The number of hydrogen-bond donors (Lipinski definition) is 3. The second-order valence-corrected chi connectivity index (χ2v) is 5.13. The molecule has 0 unspecified atom stereocenters. The molecule has 126 valence electrons. The lowest BCUT2D eigenvalue weighted by atomic mass is 10.1. The van der Waals surface area contributed by atoms with Crippen LogP contribution in [0.2, 0.25) is 0 Å². The second-order valence-electron chi connectivity index (χ2n) is 5.13. The summed E-state index contributed by atoms with van der Waals surface area (Å²) in [5.74, 6) is 0.555. The maximum Gasteiger partial charge on any atom is 0.319 e. The molecule has 6 nitrogen and oxygen atoms in total. The van der Waals surface area contributed by atoms with E-state index in [9.17, 15) is 9.59 Å². The lowest BCUT2D eigenvalue weighted by Gasteiger charge is -2.09. The highest BCUT2D eigenvalue weighted by molar-refractivity contribution is 5.92. The first-order valence-electron chi connectivity index (χ1n) is 7.67. The smallest absolute Gasteiger partial charge is 0.319 e. The fourth-order valence-electron chi connectivity index (χ4n) is 2.09. The molecule has 0 saturated heterocycles. The number of urea groups is 1. The molecule has 0 radical (unpaired) electrons. The number of benzene rings is 2. The predicted molar refractivity (Wildman–Crippen MR) is 93.2 cm³/mol. The highest BCUT2D eigenvalue weighted by atomic mass is 16.5. The predicted octanol–water partition coefficient (Wildman–Crippen LogP) is 2.18. The molecule has 6 heteroatoms. The molecule has 0 heterocycles. The van der Waals surface area contributed by atoms with Crippen molar-refractivity contribution in [1.82, 2.24) is 10.6 Å². The maximum atomic E-state index is 11.7. The zero-order chi connectivity index (χ0) is 17.2. The Morgan fingerprint density at radius 3 is 2.54 bits per heavy atom. The third kappa shape index (κ3) is 6.00. The van der Waals surface area contributed by atoms with Gasteiger partial charge in [0.2, 0.25) is 5.91 Å². The minimum absolute atomic E-state index is 0.0726. The minimum Gasteiger partial charge on any atom is -0.497 e. The topological polar surface area (TPSA) is 79.5 Å². The van der Waals surface area contributed by atoms with Crippen LogP contribution in [-0.4, -0.2) is 32.1 Å². The van der Waals surface area contributed by atoms with E-state index in [-0.39, 0.29) is 12.5 Å². The van der Waals surface area contributed by atoms with E-state index in [1.807, 2.05) is 42.5 Å². The Morgan fingerprint density at radius 1 is 1.00 bits per heavy atom. The Labute approximate surface area is 141 Å². The summed E-state index contributed by atoms with van der Waals surface area (Å²) >= 11 is 0. The zero-order valence-electron chi connectivity index (χ0n) is 13.5. The van der Waals surface area contributed by atoms with Crippen LogP contribution in [0.15, 0.2) is 54.6 Å². The number of nitrogens with one attached hydrogen (secondary N) is 3. The molecule has 0 spiro atoms. The van der Waals surface area contributed by atoms with Crippen LogP contribution in [0.25, 0.3) is 0 Å².